The number of benzene rings is 3. The topological polar surface area (TPSA) is 108 Å². The van der Waals surface area contributed by atoms with Crippen LogP contribution in [0.5, 0.6) is 0 Å². The van der Waals surface area contributed by atoms with Gasteiger partial charge in [0.25, 0.3) is 5.91 Å². The first-order chi connectivity index (χ1) is 18.7. The Morgan fingerprint density at radius 3 is 2.18 bits per heavy atom. The van der Waals surface area contributed by atoms with E-state index in [1.165, 1.54) is 4.80 Å². The van der Waals surface area contributed by atoms with E-state index in [0.29, 0.717) is 18.1 Å². The summed E-state index contributed by atoms with van der Waals surface area (Å²) in [6, 6.07) is 31.1. The van der Waals surface area contributed by atoms with Crippen molar-refractivity contribution < 1.29 is 4.79 Å². The van der Waals surface area contributed by atoms with Crippen molar-refractivity contribution in [3.05, 3.63) is 121 Å². The van der Waals surface area contributed by atoms with E-state index in [9.17, 15) is 4.79 Å². The van der Waals surface area contributed by atoms with Gasteiger partial charge >= 0.3 is 0 Å². The summed E-state index contributed by atoms with van der Waals surface area (Å²) in [7, 11) is 0. The standard InChI is InChI=1S/C28H23N9O/c38-28(25-16-17-35(31-25)20-37-33-27(30-34-37)22-12-6-2-7-13-22)29-18-23-19-36(24-14-8-3-9-15-24)32-26(23)21-10-4-1-5-11-21/h1-17,19H,18,20H2,(H,29,38). The monoisotopic (exact) mass is 501 g/mol. The fourth-order valence-corrected chi connectivity index (χ4v) is 4.05. The highest BCUT2D eigenvalue weighted by molar-refractivity contribution is 5.92. The first-order valence-corrected chi connectivity index (χ1v) is 12.1. The van der Waals surface area contributed by atoms with Gasteiger partial charge in [-0.25, -0.2) is 9.36 Å². The van der Waals surface area contributed by atoms with E-state index in [1.54, 1.807) is 16.9 Å². The fraction of sp³-hybridized carbons (Fsp3) is 0.0714. The zero-order valence-electron chi connectivity index (χ0n) is 20.3. The minimum absolute atomic E-state index is 0.231. The van der Waals surface area contributed by atoms with Crippen LogP contribution >= 0.6 is 0 Å². The van der Waals surface area contributed by atoms with E-state index in [0.717, 1.165) is 28.1 Å². The van der Waals surface area contributed by atoms with Gasteiger partial charge in [0, 0.05) is 35.6 Å². The van der Waals surface area contributed by atoms with Crippen LogP contribution in [0.1, 0.15) is 16.1 Å². The van der Waals surface area contributed by atoms with Crippen LogP contribution in [0.3, 0.4) is 0 Å². The molecule has 3 heterocycles. The molecule has 0 aliphatic carbocycles. The lowest BCUT2D eigenvalue weighted by Crippen LogP contribution is -2.24. The largest absolute Gasteiger partial charge is 0.346 e. The summed E-state index contributed by atoms with van der Waals surface area (Å²) in [6.07, 6.45) is 3.65. The molecule has 0 unspecified atom stereocenters. The summed E-state index contributed by atoms with van der Waals surface area (Å²) in [5, 5.41) is 24.7. The second kappa shape index (κ2) is 10.3. The van der Waals surface area contributed by atoms with Crippen LogP contribution < -0.4 is 5.32 Å². The van der Waals surface area contributed by atoms with Crippen molar-refractivity contribution >= 4 is 5.91 Å². The second-order valence-electron chi connectivity index (χ2n) is 8.56. The third-order valence-electron chi connectivity index (χ3n) is 5.93. The molecular weight excluding hydrogens is 478 g/mol. The molecular formula is C28H23N9O. The van der Waals surface area contributed by atoms with Crippen LogP contribution in [0.2, 0.25) is 0 Å². The fourth-order valence-electron chi connectivity index (χ4n) is 4.05. The van der Waals surface area contributed by atoms with Crippen molar-refractivity contribution in [1.82, 2.24) is 45.1 Å². The first-order valence-electron chi connectivity index (χ1n) is 12.1. The molecule has 0 bridgehead atoms. The van der Waals surface area contributed by atoms with E-state index in [4.69, 9.17) is 5.10 Å². The van der Waals surface area contributed by atoms with Crippen molar-refractivity contribution in [2.24, 2.45) is 0 Å². The van der Waals surface area contributed by atoms with E-state index in [2.05, 4.69) is 25.8 Å². The molecule has 0 aliphatic heterocycles. The SMILES string of the molecule is O=C(NCc1cn(-c2ccccc2)nc1-c1ccccc1)c1ccn(Cn2nnc(-c3ccccc3)n2)n1. The zero-order valence-corrected chi connectivity index (χ0v) is 20.3. The molecule has 6 aromatic rings. The number of tetrazole rings is 1. The average Bonchev–Trinajstić information content (AvgIpc) is 3.74. The maximum absolute atomic E-state index is 12.9. The second-order valence-corrected chi connectivity index (χ2v) is 8.56. The lowest BCUT2D eigenvalue weighted by molar-refractivity contribution is 0.0945. The van der Waals surface area contributed by atoms with Crippen molar-refractivity contribution in [2.75, 3.05) is 0 Å². The normalized spacial score (nSPS) is 10.9. The van der Waals surface area contributed by atoms with Crippen molar-refractivity contribution in [1.29, 1.82) is 0 Å². The Balaban J connectivity index is 1.15. The minimum Gasteiger partial charge on any atom is -0.346 e. The van der Waals surface area contributed by atoms with E-state index >= 15 is 0 Å². The Labute approximate surface area is 218 Å². The number of hydrogen-bond donors (Lipinski definition) is 1. The molecule has 6 rings (SSSR count). The van der Waals surface area contributed by atoms with Crippen LogP contribution in [0.25, 0.3) is 28.3 Å². The van der Waals surface area contributed by atoms with E-state index < -0.39 is 0 Å². The van der Waals surface area contributed by atoms with Gasteiger partial charge in [-0.3, -0.25) is 4.79 Å². The average molecular weight is 502 g/mol. The van der Waals surface area contributed by atoms with Crippen LogP contribution in [-0.4, -0.2) is 45.7 Å². The van der Waals surface area contributed by atoms with E-state index in [1.807, 2.05) is 102 Å². The number of para-hydroxylation sites is 1. The third kappa shape index (κ3) is 4.96. The molecule has 186 valence electrons. The van der Waals surface area contributed by atoms with Gasteiger partial charge in [0.15, 0.2) is 6.67 Å². The van der Waals surface area contributed by atoms with Crippen LogP contribution in [0, 0.1) is 0 Å². The van der Waals surface area contributed by atoms with Gasteiger partial charge < -0.3 is 5.32 Å². The molecule has 3 aromatic carbocycles. The minimum atomic E-state index is -0.285. The Hall–Kier alpha value is -5.38. The van der Waals surface area contributed by atoms with Gasteiger partial charge in [0.1, 0.15) is 5.69 Å². The number of nitrogens with zero attached hydrogens (tertiary/aromatic N) is 8. The Morgan fingerprint density at radius 2 is 1.45 bits per heavy atom. The number of nitrogens with one attached hydrogen (secondary N) is 1. The maximum Gasteiger partial charge on any atom is 0.272 e. The van der Waals surface area contributed by atoms with Crippen molar-refractivity contribution in [3.8, 4) is 28.3 Å². The zero-order chi connectivity index (χ0) is 25.7. The Kier molecular flexibility index (Phi) is 6.25. The number of carbonyl (C=O) groups is 1. The molecule has 3 aromatic heterocycles. The van der Waals surface area contributed by atoms with Crippen LogP contribution in [0.15, 0.2) is 109 Å². The lowest BCUT2D eigenvalue weighted by atomic mass is 10.1. The number of hydrogen-bond acceptors (Lipinski definition) is 6. The predicted octanol–water partition coefficient (Wildman–Crippen LogP) is 3.83. The number of aromatic nitrogens is 8. The molecule has 0 saturated carbocycles. The van der Waals surface area contributed by atoms with Gasteiger partial charge in [-0.2, -0.15) is 10.2 Å². The van der Waals surface area contributed by atoms with Crippen LogP contribution in [0.4, 0.5) is 0 Å². The maximum atomic E-state index is 12.9. The summed E-state index contributed by atoms with van der Waals surface area (Å²) in [5.41, 5.74) is 4.80. The van der Waals surface area contributed by atoms with Gasteiger partial charge in [-0.1, -0.05) is 78.9 Å². The van der Waals surface area contributed by atoms with Gasteiger partial charge in [-0.15, -0.1) is 15.0 Å². The molecule has 1 N–H and O–H groups in total. The molecule has 10 nitrogen and oxygen atoms in total. The summed E-state index contributed by atoms with van der Waals surface area (Å²) in [4.78, 5) is 14.4. The molecule has 0 radical (unpaired) electrons. The van der Waals surface area contributed by atoms with Gasteiger partial charge in [-0.05, 0) is 23.4 Å². The van der Waals surface area contributed by atoms with Crippen molar-refractivity contribution in [2.45, 2.75) is 13.2 Å². The summed E-state index contributed by atoms with van der Waals surface area (Å²) in [5.74, 6) is 0.243. The summed E-state index contributed by atoms with van der Waals surface area (Å²) in [6.45, 7) is 0.531. The van der Waals surface area contributed by atoms with Gasteiger partial charge in [0.05, 0.1) is 11.4 Å². The molecule has 0 spiro atoms. The highest BCUT2D eigenvalue weighted by Gasteiger charge is 2.15. The Morgan fingerprint density at radius 1 is 0.763 bits per heavy atom. The van der Waals surface area contributed by atoms with Crippen LogP contribution in [-0.2, 0) is 13.2 Å². The van der Waals surface area contributed by atoms with E-state index in [-0.39, 0.29) is 12.6 Å². The highest BCUT2D eigenvalue weighted by Crippen LogP contribution is 2.23. The lowest BCUT2D eigenvalue weighted by Gasteiger charge is -2.04. The summed E-state index contributed by atoms with van der Waals surface area (Å²) < 4.78 is 3.42. The van der Waals surface area contributed by atoms with Crippen molar-refractivity contribution in [3.63, 3.8) is 0 Å². The molecule has 0 aliphatic rings. The molecule has 10 heteroatoms. The summed E-state index contributed by atoms with van der Waals surface area (Å²) >= 11 is 0. The Bertz CT molecular complexity index is 1650. The molecule has 0 atom stereocenters. The number of amides is 1. The molecule has 0 saturated heterocycles. The number of rotatable bonds is 8. The number of carbonyl (C=O) groups excluding carboxylic acids is 1. The quantitative estimate of drug-likeness (QED) is 0.340. The molecule has 38 heavy (non-hydrogen) atoms. The smallest absolute Gasteiger partial charge is 0.272 e. The van der Waals surface area contributed by atoms with Gasteiger partial charge in [0.2, 0.25) is 5.82 Å². The third-order valence-corrected chi connectivity index (χ3v) is 5.93. The first kappa shape index (κ1) is 23.0. The molecule has 1 amide bonds. The molecule has 0 fully saturated rings. The highest BCUT2D eigenvalue weighted by atomic mass is 16.1. The predicted molar refractivity (Wildman–Crippen MR) is 141 cm³/mol.